The molecule has 6 heteroatoms. The Hall–Kier alpha value is -2.05. The number of halogens is 2. The molecule has 0 aliphatic rings. The quantitative estimate of drug-likeness (QED) is 0.511. The summed E-state index contributed by atoms with van der Waals surface area (Å²) in [5, 5.41) is 0. The number of imidazole rings is 1. The van der Waals surface area contributed by atoms with Crippen LogP contribution in [0.1, 0.15) is 5.56 Å². The van der Waals surface area contributed by atoms with Crippen LogP contribution in [0.3, 0.4) is 0 Å². The van der Waals surface area contributed by atoms with Gasteiger partial charge in [0.05, 0.1) is 15.6 Å². The first-order chi connectivity index (χ1) is 10.6. The summed E-state index contributed by atoms with van der Waals surface area (Å²) < 4.78 is 16.6. The predicted octanol–water partition coefficient (Wildman–Crippen LogP) is 3.36. The van der Waals surface area contributed by atoms with Crippen LogP contribution in [0.5, 0.6) is 0 Å². The maximum absolute atomic E-state index is 13.8. The number of hydrogen-bond acceptors (Lipinski definition) is 3. The molecule has 3 nitrogen and oxygen atoms in total. The number of nitrogens with zero attached hydrogens (tertiary/aromatic N) is 2. The van der Waals surface area contributed by atoms with Gasteiger partial charge < -0.3 is 0 Å². The van der Waals surface area contributed by atoms with Gasteiger partial charge in [-0.15, -0.1) is 0 Å². The molecule has 0 N–H and O–H groups in total. The second-order valence-corrected chi connectivity index (χ2v) is 6.72. The molecule has 2 heterocycles. The van der Waals surface area contributed by atoms with Crippen LogP contribution in [0.25, 0.3) is 22.1 Å². The molecule has 2 aromatic heterocycles. The highest BCUT2D eigenvalue weighted by Gasteiger charge is 2.11. The van der Waals surface area contributed by atoms with Gasteiger partial charge in [-0.25, -0.2) is 13.8 Å². The lowest BCUT2D eigenvalue weighted by Crippen LogP contribution is -2.22. The molecule has 108 valence electrons. The van der Waals surface area contributed by atoms with Crippen LogP contribution >= 0.6 is 27.3 Å². The van der Waals surface area contributed by atoms with E-state index in [1.165, 1.54) is 17.4 Å². The van der Waals surface area contributed by atoms with Crippen molar-refractivity contribution in [2.45, 2.75) is 0 Å². The van der Waals surface area contributed by atoms with Crippen LogP contribution in [0.4, 0.5) is 4.39 Å². The van der Waals surface area contributed by atoms with Crippen molar-refractivity contribution in [1.29, 1.82) is 0 Å². The minimum Gasteiger partial charge on any atom is -0.267 e. The van der Waals surface area contributed by atoms with Gasteiger partial charge in [-0.3, -0.25) is 4.79 Å². The highest BCUT2D eigenvalue weighted by molar-refractivity contribution is 9.10. The van der Waals surface area contributed by atoms with E-state index in [9.17, 15) is 9.18 Å². The van der Waals surface area contributed by atoms with Crippen molar-refractivity contribution in [3.05, 3.63) is 73.2 Å². The number of para-hydroxylation sites is 2. The lowest BCUT2D eigenvalue weighted by molar-refractivity contribution is 0.624. The second kappa shape index (κ2) is 5.00. The third-order valence-corrected chi connectivity index (χ3v) is 4.85. The Morgan fingerprint density at radius 2 is 2.05 bits per heavy atom. The number of fused-ring (bicyclic) bond motifs is 3. The molecular weight excluding hydrogens is 367 g/mol. The van der Waals surface area contributed by atoms with Crippen LogP contribution in [0.2, 0.25) is 0 Å². The zero-order valence-corrected chi connectivity index (χ0v) is 13.5. The molecular formula is C16H8BrFN2OS. The van der Waals surface area contributed by atoms with Crippen LogP contribution < -0.4 is 10.1 Å². The van der Waals surface area contributed by atoms with Gasteiger partial charge >= 0.3 is 0 Å². The fraction of sp³-hybridized carbons (Fsp3) is 0. The van der Waals surface area contributed by atoms with Gasteiger partial charge in [0.1, 0.15) is 5.82 Å². The summed E-state index contributed by atoms with van der Waals surface area (Å²) >= 11 is 4.57. The SMILES string of the molecule is O=c1/c(=C/c2cc(Br)ccc2F)sc2nc3ccccc3n12. The van der Waals surface area contributed by atoms with E-state index >= 15 is 0 Å². The van der Waals surface area contributed by atoms with Gasteiger partial charge in [0.25, 0.3) is 5.56 Å². The van der Waals surface area contributed by atoms with E-state index in [1.54, 1.807) is 22.6 Å². The summed E-state index contributed by atoms with van der Waals surface area (Å²) in [6.07, 6.45) is 1.57. The number of benzene rings is 2. The maximum atomic E-state index is 13.8. The molecule has 0 radical (unpaired) electrons. The molecule has 4 aromatic rings. The van der Waals surface area contributed by atoms with Crippen molar-refractivity contribution in [3.63, 3.8) is 0 Å². The van der Waals surface area contributed by atoms with Crippen molar-refractivity contribution < 1.29 is 4.39 Å². The average Bonchev–Trinajstić information content (AvgIpc) is 3.00. The first kappa shape index (κ1) is 13.6. The van der Waals surface area contributed by atoms with E-state index in [0.717, 1.165) is 15.5 Å². The molecule has 0 spiro atoms. The highest BCUT2D eigenvalue weighted by Crippen LogP contribution is 2.18. The molecule has 0 amide bonds. The minimum atomic E-state index is -0.363. The first-order valence-electron chi connectivity index (χ1n) is 6.50. The van der Waals surface area contributed by atoms with Crippen LogP contribution in [-0.2, 0) is 0 Å². The summed E-state index contributed by atoms with van der Waals surface area (Å²) in [5.74, 6) is -0.363. The van der Waals surface area contributed by atoms with E-state index in [4.69, 9.17) is 0 Å². The van der Waals surface area contributed by atoms with E-state index in [-0.39, 0.29) is 11.4 Å². The molecule has 0 bridgehead atoms. The van der Waals surface area contributed by atoms with Crippen molar-refractivity contribution in [2.24, 2.45) is 0 Å². The fourth-order valence-electron chi connectivity index (χ4n) is 2.38. The Kier molecular flexibility index (Phi) is 3.09. The number of hydrogen-bond donors (Lipinski definition) is 0. The fourth-order valence-corrected chi connectivity index (χ4v) is 3.73. The van der Waals surface area contributed by atoms with Crippen molar-refractivity contribution in [2.75, 3.05) is 0 Å². The third-order valence-electron chi connectivity index (χ3n) is 3.39. The maximum Gasteiger partial charge on any atom is 0.274 e. The highest BCUT2D eigenvalue weighted by atomic mass is 79.9. The smallest absolute Gasteiger partial charge is 0.267 e. The third kappa shape index (κ3) is 2.07. The number of aromatic nitrogens is 2. The molecule has 0 saturated carbocycles. The van der Waals surface area contributed by atoms with Crippen LogP contribution in [0.15, 0.2) is 51.7 Å². The minimum absolute atomic E-state index is 0.173. The van der Waals surface area contributed by atoms with Gasteiger partial charge in [-0.05, 0) is 36.4 Å². The van der Waals surface area contributed by atoms with Crippen LogP contribution in [-0.4, -0.2) is 9.38 Å². The van der Waals surface area contributed by atoms with Crippen molar-refractivity contribution in [3.8, 4) is 0 Å². The van der Waals surface area contributed by atoms with Gasteiger partial charge in [-0.1, -0.05) is 39.4 Å². The van der Waals surface area contributed by atoms with Crippen LogP contribution in [0, 0.1) is 5.82 Å². The average molecular weight is 375 g/mol. The van der Waals surface area contributed by atoms with E-state index in [1.807, 2.05) is 24.3 Å². The lowest BCUT2D eigenvalue weighted by Gasteiger charge is -1.96. The van der Waals surface area contributed by atoms with Gasteiger partial charge in [0, 0.05) is 10.0 Å². The van der Waals surface area contributed by atoms with Crippen molar-refractivity contribution in [1.82, 2.24) is 9.38 Å². The lowest BCUT2D eigenvalue weighted by atomic mass is 10.2. The summed E-state index contributed by atoms with van der Waals surface area (Å²) in [5.41, 5.74) is 1.76. The number of thiazole rings is 1. The zero-order valence-electron chi connectivity index (χ0n) is 11.1. The Morgan fingerprint density at radius 1 is 1.23 bits per heavy atom. The molecule has 0 unspecified atom stereocenters. The van der Waals surface area contributed by atoms with E-state index in [0.29, 0.717) is 15.1 Å². The zero-order chi connectivity index (χ0) is 15.3. The summed E-state index contributed by atoms with van der Waals surface area (Å²) in [4.78, 5) is 17.6. The Morgan fingerprint density at radius 3 is 2.91 bits per heavy atom. The van der Waals surface area contributed by atoms with E-state index in [2.05, 4.69) is 20.9 Å². The van der Waals surface area contributed by atoms with Gasteiger partial charge in [0.15, 0.2) is 4.96 Å². The largest absolute Gasteiger partial charge is 0.274 e. The Balaban J connectivity index is 2.04. The molecule has 0 saturated heterocycles. The van der Waals surface area contributed by atoms with Gasteiger partial charge in [-0.2, -0.15) is 0 Å². The normalized spacial score (nSPS) is 12.5. The predicted molar refractivity (Wildman–Crippen MR) is 89.7 cm³/mol. The monoisotopic (exact) mass is 374 g/mol. The van der Waals surface area contributed by atoms with Crippen molar-refractivity contribution >= 4 is 49.3 Å². The molecule has 2 aromatic carbocycles. The summed E-state index contributed by atoms with van der Waals surface area (Å²) in [6, 6.07) is 12.1. The molecule has 4 rings (SSSR count). The summed E-state index contributed by atoms with van der Waals surface area (Å²) in [7, 11) is 0. The Labute approximate surface area is 136 Å². The first-order valence-corrected chi connectivity index (χ1v) is 8.11. The molecule has 0 aliphatic heterocycles. The molecule has 0 aliphatic carbocycles. The molecule has 0 atom stereocenters. The summed E-state index contributed by atoms with van der Waals surface area (Å²) in [6.45, 7) is 0. The number of rotatable bonds is 1. The van der Waals surface area contributed by atoms with E-state index < -0.39 is 0 Å². The second-order valence-electron chi connectivity index (χ2n) is 4.80. The topological polar surface area (TPSA) is 34.4 Å². The standard InChI is InChI=1S/C16H8BrFN2OS/c17-10-5-6-11(18)9(7-10)8-14-15(21)20-13-4-2-1-3-12(13)19-16(20)22-14/h1-8H/b14-8-. The van der Waals surface area contributed by atoms with Gasteiger partial charge in [0.2, 0.25) is 0 Å². The Bertz CT molecular complexity index is 1130. The molecule has 22 heavy (non-hydrogen) atoms. The molecule has 0 fully saturated rings.